The van der Waals surface area contributed by atoms with E-state index in [4.69, 9.17) is 4.74 Å². The number of rotatable bonds is 4. The van der Waals surface area contributed by atoms with E-state index in [-0.39, 0.29) is 5.41 Å². The third kappa shape index (κ3) is 4.93. The predicted molar refractivity (Wildman–Crippen MR) is 240 cm³/mol. The van der Waals surface area contributed by atoms with Crippen molar-refractivity contribution in [3.63, 3.8) is 0 Å². The van der Waals surface area contributed by atoms with Crippen molar-refractivity contribution in [3.8, 4) is 11.5 Å². The number of nitrogens with zero attached hydrogens (tertiary/aromatic N) is 1. The molecule has 3 aliphatic rings. The molecule has 0 saturated heterocycles. The number of fused-ring (bicyclic) bond motifs is 6. The fraction of sp³-hybridized carbons (Fsp3) is 0.0588. The number of hydrogen-bond donors (Lipinski definition) is 0. The molecule has 5 heteroatoms. The largest absolute Gasteiger partial charge is 0.453 e. The highest BCUT2D eigenvalue weighted by Crippen LogP contribution is 2.52. The van der Waals surface area contributed by atoms with Crippen LogP contribution in [0.25, 0.3) is 0 Å². The zero-order chi connectivity index (χ0) is 37.4. The van der Waals surface area contributed by atoms with Gasteiger partial charge in [0.15, 0.2) is 19.6 Å². The summed E-state index contributed by atoms with van der Waals surface area (Å²) in [7, 11) is -3.70. The molecule has 8 aromatic carbocycles. The number of benzene rings is 8. The molecule has 0 fully saturated rings. The fourth-order valence-corrected chi connectivity index (χ4v) is 19.9. The SMILES string of the molecule is CC1(C)c2ccccc2Sc2cc3c(cc21)P(c1ccc(N2c4ccccc4Oc4ccccc42)cc1)c1ccccc1[Si]3(c1ccccc1)c1ccccc1. The average molecular weight is 772 g/mol. The lowest BCUT2D eigenvalue weighted by Crippen LogP contribution is -2.81. The molecule has 0 N–H and O–H groups in total. The monoisotopic (exact) mass is 771 g/mol. The van der Waals surface area contributed by atoms with E-state index in [0.717, 1.165) is 28.6 Å². The van der Waals surface area contributed by atoms with Gasteiger partial charge in [-0.2, -0.15) is 0 Å². The van der Waals surface area contributed by atoms with Crippen LogP contribution in [0.5, 0.6) is 11.5 Å². The number of anilines is 3. The molecule has 1 unspecified atom stereocenters. The Bertz CT molecular complexity index is 2720. The number of para-hydroxylation sites is 4. The summed E-state index contributed by atoms with van der Waals surface area (Å²) in [5, 5.41) is 10.2. The molecule has 0 saturated carbocycles. The van der Waals surface area contributed by atoms with E-state index < -0.39 is 16.0 Å². The van der Waals surface area contributed by atoms with Gasteiger partial charge in [-0.3, -0.25) is 0 Å². The zero-order valence-corrected chi connectivity index (χ0v) is 33.9. The summed E-state index contributed by atoms with van der Waals surface area (Å²) in [5.41, 5.74) is 5.90. The summed E-state index contributed by atoms with van der Waals surface area (Å²) in [6.45, 7) is 4.84. The Morgan fingerprint density at radius 2 is 1.07 bits per heavy atom. The first-order valence-corrected chi connectivity index (χ1v) is 23.4. The smallest absolute Gasteiger partial charge is 0.180 e. The van der Waals surface area contributed by atoms with Crippen LogP contribution >= 0.6 is 19.7 Å². The average Bonchev–Trinajstić information content (AvgIpc) is 3.25. The van der Waals surface area contributed by atoms with Gasteiger partial charge in [-0.1, -0.05) is 165 Å². The van der Waals surface area contributed by atoms with Crippen LogP contribution in [-0.4, -0.2) is 8.07 Å². The van der Waals surface area contributed by atoms with Gasteiger partial charge in [0.2, 0.25) is 0 Å². The first kappa shape index (κ1) is 33.7. The lowest BCUT2D eigenvalue weighted by atomic mass is 9.77. The van der Waals surface area contributed by atoms with Crippen LogP contribution in [-0.2, 0) is 5.41 Å². The second-order valence-corrected chi connectivity index (χ2v) is 22.3. The maximum absolute atomic E-state index is 6.37. The molecule has 2 nitrogen and oxygen atoms in total. The molecule has 0 aliphatic carbocycles. The Morgan fingerprint density at radius 1 is 0.500 bits per heavy atom. The molecule has 268 valence electrons. The van der Waals surface area contributed by atoms with Gasteiger partial charge in [0.1, 0.15) is 0 Å². The maximum Gasteiger partial charge on any atom is 0.180 e. The first-order valence-electron chi connectivity index (χ1n) is 19.3. The number of hydrogen-bond acceptors (Lipinski definition) is 3. The lowest BCUT2D eigenvalue weighted by molar-refractivity contribution is 0.477. The molecule has 0 bridgehead atoms. The van der Waals surface area contributed by atoms with Crippen LogP contribution in [0.4, 0.5) is 17.1 Å². The van der Waals surface area contributed by atoms with Gasteiger partial charge >= 0.3 is 0 Å². The Kier molecular flexibility index (Phi) is 7.80. The van der Waals surface area contributed by atoms with E-state index in [1.165, 1.54) is 57.6 Å². The van der Waals surface area contributed by atoms with Crippen LogP contribution in [0.15, 0.2) is 204 Å². The molecule has 0 amide bonds. The van der Waals surface area contributed by atoms with E-state index in [0.29, 0.717) is 0 Å². The van der Waals surface area contributed by atoms with Gasteiger partial charge in [-0.15, -0.1) is 0 Å². The summed E-state index contributed by atoms with van der Waals surface area (Å²) >= 11 is 1.95. The van der Waals surface area contributed by atoms with Gasteiger partial charge in [-0.05, 0) is 110 Å². The normalized spacial score (nSPS) is 16.5. The van der Waals surface area contributed by atoms with Crippen LogP contribution in [0.1, 0.15) is 25.0 Å². The van der Waals surface area contributed by atoms with Crippen molar-refractivity contribution in [1.82, 2.24) is 0 Å². The maximum atomic E-state index is 6.37. The quantitative estimate of drug-likeness (QED) is 0.131. The van der Waals surface area contributed by atoms with E-state index in [9.17, 15) is 0 Å². The second-order valence-electron chi connectivity index (χ2n) is 15.3. The Labute approximate surface area is 335 Å². The van der Waals surface area contributed by atoms with Crippen LogP contribution < -0.4 is 46.3 Å². The first-order chi connectivity index (χ1) is 27.5. The Morgan fingerprint density at radius 3 is 1.75 bits per heavy atom. The Hall–Kier alpha value is -5.64. The molecule has 3 aliphatic heterocycles. The summed E-state index contributed by atoms with van der Waals surface area (Å²) in [6, 6.07) is 72.7. The second kappa shape index (κ2) is 13.0. The third-order valence-corrected chi connectivity index (χ3v) is 20.9. The third-order valence-electron chi connectivity index (χ3n) is 12.0. The molecular formula is C51H38NOPSSi. The van der Waals surface area contributed by atoms with Crippen molar-refractivity contribution < 1.29 is 4.74 Å². The lowest BCUT2D eigenvalue weighted by Gasteiger charge is -2.45. The highest BCUT2D eigenvalue weighted by atomic mass is 32.2. The van der Waals surface area contributed by atoms with Crippen molar-refractivity contribution in [1.29, 1.82) is 0 Å². The van der Waals surface area contributed by atoms with Crippen LogP contribution in [0.3, 0.4) is 0 Å². The highest BCUT2D eigenvalue weighted by Gasteiger charge is 2.50. The standard InChI is InChI=1S/C51H38NOPSSi/c1-51(2)39-21-9-15-27-47(39)55-48-34-50-46(33-40(48)51)54(45-26-14-16-28-49(45)56(50,37-17-5-3-6-18-37)38-19-7-4-8-20-38)36-31-29-35(30-32-36)52-41-22-10-12-24-43(41)53-44-25-13-11-23-42(44)52/h3-34H,1-2H3. The van der Waals surface area contributed by atoms with Crippen molar-refractivity contribution in [2.24, 2.45) is 0 Å². The molecule has 11 rings (SSSR count). The number of ether oxygens (including phenoxy) is 1. The summed E-state index contributed by atoms with van der Waals surface area (Å²) in [5.74, 6) is 1.73. The molecular weight excluding hydrogens is 734 g/mol. The van der Waals surface area contributed by atoms with Crippen LogP contribution in [0, 0.1) is 0 Å². The minimum absolute atomic E-state index is 0.144. The highest BCUT2D eigenvalue weighted by molar-refractivity contribution is 7.99. The molecule has 8 aromatic rings. The van der Waals surface area contributed by atoms with E-state index in [2.05, 4.69) is 201 Å². The van der Waals surface area contributed by atoms with Crippen LogP contribution in [0.2, 0.25) is 0 Å². The summed E-state index contributed by atoms with van der Waals surface area (Å²) < 4.78 is 6.37. The summed E-state index contributed by atoms with van der Waals surface area (Å²) in [6.07, 6.45) is 0. The van der Waals surface area contributed by atoms with Crippen molar-refractivity contribution >= 4 is 81.5 Å². The molecule has 56 heavy (non-hydrogen) atoms. The van der Waals surface area contributed by atoms with Gasteiger partial charge in [0, 0.05) is 20.9 Å². The zero-order valence-electron chi connectivity index (χ0n) is 31.2. The minimum Gasteiger partial charge on any atom is -0.453 e. The Balaban J connectivity index is 1.17. The summed E-state index contributed by atoms with van der Waals surface area (Å²) in [4.78, 5) is 5.08. The molecule has 0 spiro atoms. The van der Waals surface area contributed by atoms with E-state index in [1.54, 1.807) is 0 Å². The van der Waals surface area contributed by atoms with Crippen molar-refractivity contribution in [2.75, 3.05) is 4.90 Å². The topological polar surface area (TPSA) is 12.5 Å². The van der Waals surface area contributed by atoms with Gasteiger partial charge in [0.05, 0.1) is 11.4 Å². The molecule has 0 radical (unpaired) electrons. The molecule has 0 aromatic heterocycles. The molecule has 3 heterocycles. The predicted octanol–water partition coefficient (Wildman–Crippen LogP) is 9.50. The van der Waals surface area contributed by atoms with Gasteiger partial charge in [-0.25, -0.2) is 0 Å². The van der Waals surface area contributed by atoms with Crippen molar-refractivity contribution in [2.45, 2.75) is 29.1 Å². The minimum atomic E-state index is -2.78. The fourth-order valence-electron chi connectivity index (χ4n) is 9.40. The van der Waals surface area contributed by atoms with Crippen molar-refractivity contribution in [3.05, 3.63) is 205 Å². The van der Waals surface area contributed by atoms with Gasteiger partial charge < -0.3 is 9.64 Å². The van der Waals surface area contributed by atoms with Gasteiger partial charge in [0.25, 0.3) is 0 Å². The van der Waals surface area contributed by atoms with E-state index in [1.807, 2.05) is 23.9 Å². The van der Waals surface area contributed by atoms with E-state index >= 15 is 0 Å². The molecule has 1 atom stereocenters.